The van der Waals surface area contributed by atoms with E-state index in [1.54, 1.807) is 19.2 Å². The SMILES string of the molecule is COc1ccc(Cl)cc1NCCC(=O)NCC1CCCCC1. The summed E-state index contributed by atoms with van der Waals surface area (Å²) in [6, 6.07) is 5.40. The Labute approximate surface area is 137 Å². The predicted molar refractivity (Wildman–Crippen MR) is 90.7 cm³/mol. The van der Waals surface area contributed by atoms with Gasteiger partial charge in [0.1, 0.15) is 5.75 Å². The fourth-order valence-corrected chi connectivity index (χ4v) is 3.04. The molecular formula is C17H25ClN2O2. The highest BCUT2D eigenvalue weighted by Gasteiger charge is 2.14. The number of benzene rings is 1. The Morgan fingerprint density at radius 2 is 2.09 bits per heavy atom. The van der Waals surface area contributed by atoms with Gasteiger partial charge >= 0.3 is 0 Å². The molecule has 1 aliphatic rings. The molecule has 0 spiro atoms. The zero-order chi connectivity index (χ0) is 15.8. The number of carbonyl (C=O) groups excluding carboxylic acids is 1. The van der Waals surface area contributed by atoms with E-state index in [1.165, 1.54) is 32.1 Å². The van der Waals surface area contributed by atoms with Crippen LogP contribution in [0.25, 0.3) is 0 Å². The number of ether oxygens (including phenoxy) is 1. The van der Waals surface area contributed by atoms with E-state index in [-0.39, 0.29) is 5.91 Å². The number of amides is 1. The van der Waals surface area contributed by atoms with Crippen LogP contribution in [0.4, 0.5) is 5.69 Å². The van der Waals surface area contributed by atoms with Crippen LogP contribution in [0.15, 0.2) is 18.2 Å². The second-order valence-corrected chi connectivity index (χ2v) is 6.27. The van der Waals surface area contributed by atoms with Crippen LogP contribution >= 0.6 is 11.6 Å². The van der Waals surface area contributed by atoms with Crippen molar-refractivity contribution in [3.05, 3.63) is 23.2 Å². The van der Waals surface area contributed by atoms with Crippen molar-refractivity contribution in [2.75, 3.05) is 25.5 Å². The Morgan fingerprint density at radius 3 is 2.82 bits per heavy atom. The van der Waals surface area contributed by atoms with Gasteiger partial charge in [-0.25, -0.2) is 0 Å². The van der Waals surface area contributed by atoms with Gasteiger partial charge in [0.25, 0.3) is 0 Å². The summed E-state index contributed by atoms with van der Waals surface area (Å²) < 4.78 is 5.26. The highest BCUT2D eigenvalue weighted by atomic mass is 35.5. The summed E-state index contributed by atoms with van der Waals surface area (Å²) >= 11 is 5.98. The minimum atomic E-state index is 0.0964. The molecule has 4 nitrogen and oxygen atoms in total. The number of hydrogen-bond donors (Lipinski definition) is 2. The van der Waals surface area contributed by atoms with Crippen LogP contribution in [0.2, 0.25) is 5.02 Å². The summed E-state index contributed by atoms with van der Waals surface area (Å²) in [4.78, 5) is 11.9. The number of anilines is 1. The summed E-state index contributed by atoms with van der Waals surface area (Å²) in [5.74, 6) is 1.49. The summed E-state index contributed by atoms with van der Waals surface area (Å²) in [5, 5.41) is 6.89. The zero-order valence-corrected chi connectivity index (χ0v) is 13.9. The second kappa shape index (κ2) is 8.89. The minimum absolute atomic E-state index is 0.0964. The molecule has 1 saturated carbocycles. The van der Waals surface area contributed by atoms with E-state index in [0.29, 0.717) is 23.9 Å². The van der Waals surface area contributed by atoms with Gasteiger partial charge in [-0.3, -0.25) is 4.79 Å². The van der Waals surface area contributed by atoms with Gasteiger partial charge in [0.2, 0.25) is 5.91 Å². The summed E-state index contributed by atoms with van der Waals surface area (Å²) in [5.41, 5.74) is 0.815. The number of methoxy groups -OCH3 is 1. The smallest absolute Gasteiger partial charge is 0.221 e. The number of nitrogens with one attached hydrogen (secondary N) is 2. The monoisotopic (exact) mass is 324 g/mol. The molecule has 0 aliphatic heterocycles. The molecule has 1 fully saturated rings. The van der Waals surface area contributed by atoms with Gasteiger partial charge in [-0.15, -0.1) is 0 Å². The van der Waals surface area contributed by atoms with Crippen molar-refractivity contribution in [1.29, 1.82) is 0 Å². The molecule has 22 heavy (non-hydrogen) atoms. The van der Waals surface area contributed by atoms with Gasteiger partial charge in [0.15, 0.2) is 0 Å². The first-order valence-electron chi connectivity index (χ1n) is 8.03. The Hall–Kier alpha value is -1.42. The van der Waals surface area contributed by atoms with E-state index in [0.717, 1.165) is 18.0 Å². The van der Waals surface area contributed by atoms with Crippen LogP contribution < -0.4 is 15.4 Å². The lowest BCUT2D eigenvalue weighted by atomic mass is 9.89. The van der Waals surface area contributed by atoms with Crippen LogP contribution in [-0.2, 0) is 4.79 Å². The Morgan fingerprint density at radius 1 is 1.32 bits per heavy atom. The standard InChI is InChI=1S/C17H25ClN2O2/c1-22-16-8-7-14(18)11-15(16)19-10-9-17(21)20-12-13-5-3-2-4-6-13/h7-8,11,13,19H,2-6,9-10,12H2,1H3,(H,20,21). The molecule has 2 N–H and O–H groups in total. The maximum atomic E-state index is 11.9. The Kier molecular flexibility index (Phi) is 6.84. The highest BCUT2D eigenvalue weighted by Crippen LogP contribution is 2.27. The van der Waals surface area contributed by atoms with Crippen molar-refractivity contribution in [2.24, 2.45) is 5.92 Å². The molecule has 2 rings (SSSR count). The van der Waals surface area contributed by atoms with Crippen molar-refractivity contribution in [2.45, 2.75) is 38.5 Å². The molecule has 1 amide bonds. The van der Waals surface area contributed by atoms with E-state index >= 15 is 0 Å². The summed E-state index contributed by atoms with van der Waals surface area (Å²) in [6.07, 6.45) is 6.89. The quantitative estimate of drug-likeness (QED) is 0.801. The lowest BCUT2D eigenvalue weighted by Gasteiger charge is -2.21. The molecule has 5 heteroatoms. The third-order valence-electron chi connectivity index (χ3n) is 4.14. The highest BCUT2D eigenvalue weighted by molar-refractivity contribution is 6.30. The Balaban J connectivity index is 1.69. The normalized spacial score (nSPS) is 15.4. The molecule has 0 unspecified atom stereocenters. The molecule has 1 aromatic carbocycles. The molecule has 0 heterocycles. The van der Waals surface area contributed by atoms with Crippen molar-refractivity contribution < 1.29 is 9.53 Å². The lowest BCUT2D eigenvalue weighted by Crippen LogP contribution is -2.31. The van der Waals surface area contributed by atoms with Gasteiger partial charge in [0, 0.05) is 24.5 Å². The van der Waals surface area contributed by atoms with E-state index in [4.69, 9.17) is 16.3 Å². The molecule has 0 saturated heterocycles. The van der Waals surface area contributed by atoms with Crippen LogP contribution in [0.5, 0.6) is 5.75 Å². The molecule has 0 bridgehead atoms. The van der Waals surface area contributed by atoms with E-state index in [9.17, 15) is 4.79 Å². The number of halogens is 1. The molecule has 0 radical (unpaired) electrons. The molecule has 122 valence electrons. The molecule has 1 aliphatic carbocycles. The van der Waals surface area contributed by atoms with Crippen molar-refractivity contribution >= 4 is 23.2 Å². The van der Waals surface area contributed by atoms with Gasteiger partial charge in [-0.05, 0) is 37.0 Å². The van der Waals surface area contributed by atoms with E-state index < -0.39 is 0 Å². The van der Waals surface area contributed by atoms with Crippen LogP contribution in [-0.4, -0.2) is 26.1 Å². The zero-order valence-electron chi connectivity index (χ0n) is 13.2. The maximum absolute atomic E-state index is 11.9. The number of hydrogen-bond acceptors (Lipinski definition) is 3. The third kappa shape index (κ3) is 5.41. The van der Waals surface area contributed by atoms with Crippen LogP contribution in [0.3, 0.4) is 0 Å². The first-order chi connectivity index (χ1) is 10.7. The third-order valence-corrected chi connectivity index (χ3v) is 4.38. The molecule has 0 atom stereocenters. The summed E-state index contributed by atoms with van der Waals surface area (Å²) in [7, 11) is 1.62. The molecule has 1 aromatic rings. The van der Waals surface area contributed by atoms with E-state index in [1.807, 2.05) is 6.07 Å². The van der Waals surface area contributed by atoms with Gasteiger partial charge in [-0.1, -0.05) is 30.9 Å². The topological polar surface area (TPSA) is 50.4 Å². The average molecular weight is 325 g/mol. The lowest BCUT2D eigenvalue weighted by molar-refractivity contribution is -0.121. The predicted octanol–water partition coefficient (Wildman–Crippen LogP) is 3.85. The number of rotatable bonds is 7. The first kappa shape index (κ1) is 16.9. The number of carbonyl (C=O) groups is 1. The minimum Gasteiger partial charge on any atom is -0.495 e. The molecular weight excluding hydrogens is 300 g/mol. The summed E-state index contributed by atoms with van der Waals surface area (Å²) in [6.45, 7) is 1.38. The van der Waals surface area contributed by atoms with Crippen molar-refractivity contribution in [3.63, 3.8) is 0 Å². The van der Waals surface area contributed by atoms with Crippen LogP contribution in [0.1, 0.15) is 38.5 Å². The largest absolute Gasteiger partial charge is 0.495 e. The average Bonchev–Trinajstić information content (AvgIpc) is 2.54. The fraction of sp³-hybridized carbons (Fsp3) is 0.588. The maximum Gasteiger partial charge on any atom is 0.221 e. The Bertz CT molecular complexity index is 488. The van der Waals surface area contributed by atoms with Gasteiger partial charge in [-0.2, -0.15) is 0 Å². The van der Waals surface area contributed by atoms with Gasteiger partial charge in [0.05, 0.1) is 12.8 Å². The van der Waals surface area contributed by atoms with Crippen LogP contribution in [0, 0.1) is 5.92 Å². The van der Waals surface area contributed by atoms with Crippen molar-refractivity contribution in [3.8, 4) is 5.75 Å². The van der Waals surface area contributed by atoms with E-state index in [2.05, 4.69) is 10.6 Å². The molecule has 0 aromatic heterocycles. The van der Waals surface area contributed by atoms with Crippen molar-refractivity contribution in [1.82, 2.24) is 5.32 Å². The van der Waals surface area contributed by atoms with Gasteiger partial charge < -0.3 is 15.4 Å². The first-order valence-corrected chi connectivity index (χ1v) is 8.41. The fourth-order valence-electron chi connectivity index (χ4n) is 2.87. The second-order valence-electron chi connectivity index (χ2n) is 5.83.